The van der Waals surface area contributed by atoms with Crippen LogP contribution >= 0.6 is 11.6 Å². The molecule has 2 N–H and O–H groups in total. The van der Waals surface area contributed by atoms with Crippen LogP contribution in [0.3, 0.4) is 0 Å². The minimum Gasteiger partial charge on any atom is -0.397 e. The second-order valence-corrected chi connectivity index (χ2v) is 4.06. The molecular weight excluding hydrogens is 208 g/mol. The van der Waals surface area contributed by atoms with Crippen LogP contribution in [0.2, 0.25) is 5.02 Å². The molecule has 0 aliphatic carbocycles. The Morgan fingerprint density at radius 3 is 2.20 bits per heavy atom. The van der Waals surface area contributed by atoms with Crippen LogP contribution < -0.4 is 5.73 Å². The first-order valence-corrected chi connectivity index (χ1v) is 5.18. The van der Waals surface area contributed by atoms with Crippen molar-refractivity contribution >= 4 is 17.3 Å². The Labute approximate surface area is 94.3 Å². The first kappa shape index (κ1) is 10.1. The molecule has 1 aromatic heterocycles. The average Bonchev–Trinajstić information content (AvgIpc) is 2.52. The van der Waals surface area contributed by atoms with E-state index >= 15 is 0 Å². The SMILES string of the molecule is Cc1ccc(C)n1-c1ccc(Cl)c(N)c1. The zero-order valence-corrected chi connectivity index (χ0v) is 9.55. The Kier molecular flexibility index (Phi) is 2.45. The highest BCUT2D eigenvalue weighted by molar-refractivity contribution is 6.33. The van der Waals surface area contributed by atoms with E-state index in [1.807, 2.05) is 18.2 Å². The highest BCUT2D eigenvalue weighted by atomic mass is 35.5. The fraction of sp³-hybridized carbons (Fsp3) is 0.167. The zero-order chi connectivity index (χ0) is 11.0. The highest BCUT2D eigenvalue weighted by Gasteiger charge is 2.05. The van der Waals surface area contributed by atoms with Gasteiger partial charge in [0.1, 0.15) is 0 Å². The molecule has 0 radical (unpaired) electrons. The fourth-order valence-corrected chi connectivity index (χ4v) is 1.86. The number of aryl methyl sites for hydroxylation is 2. The van der Waals surface area contributed by atoms with Gasteiger partial charge in [-0.15, -0.1) is 0 Å². The fourth-order valence-electron chi connectivity index (χ4n) is 1.75. The number of nitrogens with two attached hydrogens (primary N) is 1. The smallest absolute Gasteiger partial charge is 0.0636 e. The molecule has 0 atom stereocenters. The maximum atomic E-state index is 5.89. The van der Waals surface area contributed by atoms with Crippen LogP contribution in [-0.2, 0) is 0 Å². The van der Waals surface area contributed by atoms with Crippen LogP contribution in [0, 0.1) is 13.8 Å². The van der Waals surface area contributed by atoms with Crippen LogP contribution in [0.15, 0.2) is 30.3 Å². The zero-order valence-electron chi connectivity index (χ0n) is 8.79. The number of halogens is 1. The van der Waals surface area contributed by atoms with Crippen molar-refractivity contribution in [1.82, 2.24) is 4.57 Å². The molecule has 0 unspecified atom stereocenters. The Morgan fingerprint density at radius 1 is 1.07 bits per heavy atom. The summed E-state index contributed by atoms with van der Waals surface area (Å²) in [5, 5.41) is 0.598. The molecule has 2 aromatic rings. The molecule has 78 valence electrons. The molecule has 0 saturated carbocycles. The molecular formula is C12H13ClN2. The maximum absolute atomic E-state index is 5.89. The summed E-state index contributed by atoms with van der Waals surface area (Å²) in [5.41, 5.74) is 9.83. The number of nitrogen functional groups attached to an aromatic ring is 1. The Hall–Kier alpha value is -1.41. The average molecular weight is 221 g/mol. The van der Waals surface area contributed by atoms with Gasteiger partial charge >= 0.3 is 0 Å². The van der Waals surface area contributed by atoms with Crippen molar-refractivity contribution in [1.29, 1.82) is 0 Å². The molecule has 0 saturated heterocycles. The molecule has 1 aromatic carbocycles. The van der Waals surface area contributed by atoms with E-state index in [0.29, 0.717) is 10.7 Å². The van der Waals surface area contributed by atoms with Gasteiger partial charge in [-0.05, 0) is 44.2 Å². The Balaban J connectivity index is 2.59. The first-order chi connectivity index (χ1) is 7.09. The van der Waals surface area contributed by atoms with Gasteiger partial charge in [0.2, 0.25) is 0 Å². The van der Waals surface area contributed by atoms with Crippen LogP contribution in [0.5, 0.6) is 0 Å². The second-order valence-electron chi connectivity index (χ2n) is 3.66. The predicted octanol–water partition coefficient (Wildman–Crippen LogP) is 3.33. The van der Waals surface area contributed by atoms with Crippen LogP contribution in [0.1, 0.15) is 11.4 Å². The lowest BCUT2D eigenvalue weighted by atomic mass is 10.2. The topological polar surface area (TPSA) is 30.9 Å². The van der Waals surface area contributed by atoms with Gasteiger partial charge in [-0.25, -0.2) is 0 Å². The van der Waals surface area contributed by atoms with Gasteiger partial charge < -0.3 is 10.3 Å². The predicted molar refractivity (Wildman–Crippen MR) is 64.7 cm³/mol. The van der Waals surface area contributed by atoms with Gasteiger partial charge in [0.15, 0.2) is 0 Å². The number of hydrogen-bond donors (Lipinski definition) is 1. The van der Waals surface area contributed by atoms with Crippen molar-refractivity contribution in [3.8, 4) is 5.69 Å². The minimum absolute atomic E-state index is 0.598. The van der Waals surface area contributed by atoms with Crippen LogP contribution in [0.4, 0.5) is 5.69 Å². The Bertz CT molecular complexity index is 481. The summed E-state index contributed by atoms with van der Waals surface area (Å²) in [6, 6.07) is 9.85. The van der Waals surface area contributed by atoms with Crippen molar-refractivity contribution in [2.45, 2.75) is 13.8 Å². The number of benzene rings is 1. The lowest BCUT2D eigenvalue weighted by Gasteiger charge is -2.10. The number of rotatable bonds is 1. The third kappa shape index (κ3) is 1.73. The van der Waals surface area contributed by atoms with Crippen LogP contribution in [0.25, 0.3) is 5.69 Å². The summed E-state index contributed by atoms with van der Waals surface area (Å²) in [4.78, 5) is 0. The molecule has 0 bridgehead atoms. The van der Waals surface area contributed by atoms with Crippen molar-refractivity contribution in [3.05, 3.63) is 46.7 Å². The molecule has 0 aliphatic heterocycles. The van der Waals surface area contributed by atoms with Gasteiger partial charge in [-0.1, -0.05) is 11.6 Å². The molecule has 15 heavy (non-hydrogen) atoms. The van der Waals surface area contributed by atoms with E-state index < -0.39 is 0 Å². The van der Waals surface area contributed by atoms with Crippen molar-refractivity contribution in [2.75, 3.05) is 5.73 Å². The lowest BCUT2D eigenvalue weighted by molar-refractivity contribution is 0.966. The van der Waals surface area contributed by atoms with Gasteiger partial charge in [-0.3, -0.25) is 0 Å². The highest BCUT2D eigenvalue weighted by Crippen LogP contribution is 2.24. The van der Waals surface area contributed by atoms with E-state index in [0.717, 1.165) is 5.69 Å². The third-order valence-corrected chi connectivity index (χ3v) is 2.85. The van der Waals surface area contributed by atoms with Crippen molar-refractivity contribution in [2.24, 2.45) is 0 Å². The maximum Gasteiger partial charge on any atom is 0.0636 e. The molecule has 1 heterocycles. The van der Waals surface area contributed by atoms with E-state index in [4.69, 9.17) is 17.3 Å². The molecule has 0 amide bonds. The number of hydrogen-bond acceptors (Lipinski definition) is 1. The summed E-state index contributed by atoms with van der Waals surface area (Å²) in [5.74, 6) is 0. The summed E-state index contributed by atoms with van der Waals surface area (Å²) in [6.07, 6.45) is 0. The second kappa shape index (κ2) is 3.63. The quantitative estimate of drug-likeness (QED) is 0.735. The third-order valence-electron chi connectivity index (χ3n) is 2.51. The first-order valence-electron chi connectivity index (χ1n) is 4.80. The molecule has 0 aliphatic rings. The normalized spacial score (nSPS) is 10.6. The largest absolute Gasteiger partial charge is 0.397 e. The summed E-state index contributed by atoms with van der Waals surface area (Å²) in [7, 11) is 0. The minimum atomic E-state index is 0.598. The van der Waals surface area contributed by atoms with E-state index in [1.165, 1.54) is 11.4 Å². The molecule has 0 fully saturated rings. The van der Waals surface area contributed by atoms with E-state index in [9.17, 15) is 0 Å². The standard InChI is InChI=1S/C12H13ClN2/c1-8-3-4-9(2)15(8)10-5-6-11(13)12(14)7-10/h3-7H,14H2,1-2H3. The molecule has 0 spiro atoms. The number of nitrogens with zero attached hydrogens (tertiary/aromatic N) is 1. The summed E-state index contributed by atoms with van der Waals surface area (Å²) < 4.78 is 2.15. The van der Waals surface area contributed by atoms with Crippen LogP contribution in [-0.4, -0.2) is 4.57 Å². The van der Waals surface area contributed by atoms with Crippen molar-refractivity contribution in [3.63, 3.8) is 0 Å². The summed E-state index contributed by atoms with van der Waals surface area (Å²) >= 11 is 5.89. The van der Waals surface area contributed by atoms with Gasteiger partial charge in [0.05, 0.1) is 10.7 Å². The molecule has 2 nitrogen and oxygen atoms in total. The van der Waals surface area contributed by atoms with E-state index in [2.05, 4.69) is 30.5 Å². The van der Waals surface area contributed by atoms with Gasteiger partial charge in [-0.2, -0.15) is 0 Å². The van der Waals surface area contributed by atoms with Gasteiger partial charge in [0, 0.05) is 17.1 Å². The van der Waals surface area contributed by atoms with Gasteiger partial charge in [0.25, 0.3) is 0 Å². The monoisotopic (exact) mass is 220 g/mol. The lowest BCUT2D eigenvalue weighted by Crippen LogP contribution is -1.99. The summed E-state index contributed by atoms with van der Waals surface area (Å²) in [6.45, 7) is 4.13. The van der Waals surface area contributed by atoms with Crippen molar-refractivity contribution < 1.29 is 0 Å². The molecule has 3 heteroatoms. The number of aromatic nitrogens is 1. The van der Waals surface area contributed by atoms with E-state index in [1.54, 1.807) is 0 Å². The Morgan fingerprint density at radius 2 is 1.67 bits per heavy atom. The van der Waals surface area contributed by atoms with E-state index in [-0.39, 0.29) is 0 Å². The molecule has 2 rings (SSSR count). The number of anilines is 1.